The van der Waals surface area contributed by atoms with Gasteiger partial charge in [-0.05, 0) is 54.6 Å². The average Bonchev–Trinajstić information content (AvgIpc) is 3.24. The van der Waals surface area contributed by atoms with Gasteiger partial charge in [0.05, 0.1) is 16.3 Å². The van der Waals surface area contributed by atoms with E-state index in [9.17, 15) is 13.2 Å². The van der Waals surface area contributed by atoms with Gasteiger partial charge in [0.15, 0.2) is 0 Å². The van der Waals surface area contributed by atoms with Crippen LogP contribution < -0.4 is 9.62 Å². The van der Waals surface area contributed by atoms with Crippen molar-refractivity contribution < 1.29 is 13.2 Å². The molecule has 7 heteroatoms. The normalized spacial score (nSPS) is 11.3. The molecule has 0 aliphatic carbocycles. The number of rotatable bonds is 5. The summed E-state index contributed by atoms with van der Waals surface area (Å²) in [4.78, 5) is 15.8. The van der Waals surface area contributed by atoms with Gasteiger partial charge in [0.1, 0.15) is 0 Å². The first-order valence-corrected chi connectivity index (χ1v) is 10.4. The molecule has 4 rings (SSSR count). The third-order valence-corrected chi connectivity index (χ3v) is 6.54. The number of sulfonamides is 1. The highest BCUT2D eigenvalue weighted by atomic mass is 32.2. The lowest BCUT2D eigenvalue weighted by Crippen LogP contribution is -2.26. The Hall–Kier alpha value is -3.58. The van der Waals surface area contributed by atoms with E-state index >= 15 is 0 Å². The highest BCUT2D eigenvalue weighted by Crippen LogP contribution is 2.24. The molecule has 29 heavy (non-hydrogen) atoms. The SMILES string of the molecule is CN(c1ccccc1)S(=O)(=O)c1ccc(C(=O)Nc2cccc3[nH]ccc23)cc1. The Kier molecular flexibility index (Phi) is 4.82. The largest absolute Gasteiger partial charge is 0.361 e. The van der Waals surface area contributed by atoms with Crippen molar-refractivity contribution in [3.8, 4) is 0 Å². The summed E-state index contributed by atoms with van der Waals surface area (Å²) in [5, 5.41) is 3.78. The van der Waals surface area contributed by atoms with Crippen LogP contribution in [0, 0.1) is 0 Å². The Morgan fingerprint density at radius 3 is 2.34 bits per heavy atom. The molecule has 0 aliphatic rings. The van der Waals surface area contributed by atoms with Crippen molar-refractivity contribution in [2.24, 2.45) is 0 Å². The van der Waals surface area contributed by atoms with E-state index in [1.54, 1.807) is 24.3 Å². The monoisotopic (exact) mass is 405 g/mol. The molecule has 0 saturated heterocycles. The fourth-order valence-corrected chi connectivity index (χ4v) is 4.30. The van der Waals surface area contributed by atoms with Gasteiger partial charge in [-0.3, -0.25) is 9.10 Å². The van der Waals surface area contributed by atoms with Gasteiger partial charge >= 0.3 is 0 Å². The number of aromatic amines is 1. The molecule has 0 radical (unpaired) electrons. The summed E-state index contributed by atoms with van der Waals surface area (Å²) >= 11 is 0. The van der Waals surface area contributed by atoms with E-state index in [1.807, 2.05) is 36.5 Å². The summed E-state index contributed by atoms with van der Waals surface area (Å²) in [7, 11) is -2.21. The smallest absolute Gasteiger partial charge is 0.264 e. The Bertz CT molecular complexity index is 1260. The molecular weight excluding hydrogens is 386 g/mol. The van der Waals surface area contributed by atoms with Gasteiger partial charge in [-0.15, -0.1) is 0 Å². The molecule has 6 nitrogen and oxygen atoms in total. The van der Waals surface area contributed by atoms with Gasteiger partial charge < -0.3 is 10.3 Å². The van der Waals surface area contributed by atoms with E-state index in [2.05, 4.69) is 10.3 Å². The average molecular weight is 405 g/mol. The number of nitrogens with zero attached hydrogens (tertiary/aromatic N) is 1. The zero-order chi connectivity index (χ0) is 20.4. The highest BCUT2D eigenvalue weighted by Gasteiger charge is 2.21. The summed E-state index contributed by atoms with van der Waals surface area (Å²) in [5.41, 5.74) is 2.55. The van der Waals surface area contributed by atoms with Gasteiger partial charge in [0.2, 0.25) is 0 Å². The van der Waals surface area contributed by atoms with E-state index in [-0.39, 0.29) is 10.8 Å². The van der Waals surface area contributed by atoms with Crippen molar-refractivity contribution in [1.29, 1.82) is 0 Å². The van der Waals surface area contributed by atoms with E-state index in [1.165, 1.54) is 35.6 Å². The minimum atomic E-state index is -3.72. The van der Waals surface area contributed by atoms with Crippen LogP contribution in [-0.2, 0) is 10.0 Å². The molecule has 0 atom stereocenters. The lowest BCUT2D eigenvalue weighted by molar-refractivity contribution is 0.102. The molecule has 4 aromatic rings. The maximum Gasteiger partial charge on any atom is 0.264 e. The van der Waals surface area contributed by atoms with Crippen LogP contribution in [0.5, 0.6) is 0 Å². The zero-order valence-corrected chi connectivity index (χ0v) is 16.5. The molecular formula is C22H19N3O3S. The van der Waals surface area contributed by atoms with Crippen LogP contribution in [0.3, 0.4) is 0 Å². The lowest BCUT2D eigenvalue weighted by atomic mass is 10.2. The molecule has 0 unspecified atom stereocenters. The van der Waals surface area contributed by atoms with Crippen molar-refractivity contribution >= 4 is 38.2 Å². The van der Waals surface area contributed by atoms with Crippen LogP contribution in [0.2, 0.25) is 0 Å². The number of benzene rings is 3. The molecule has 0 spiro atoms. The van der Waals surface area contributed by atoms with Gasteiger partial charge in [-0.25, -0.2) is 8.42 Å². The third-order valence-electron chi connectivity index (χ3n) is 4.74. The van der Waals surface area contributed by atoms with Crippen LogP contribution in [0.1, 0.15) is 10.4 Å². The fraction of sp³-hybridized carbons (Fsp3) is 0.0455. The maximum absolute atomic E-state index is 12.8. The summed E-state index contributed by atoms with van der Waals surface area (Å²) in [6.45, 7) is 0. The number of H-pyrrole nitrogens is 1. The zero-order valence-electron chi connectivity index (χ0n) is 15.7. The minimum Gasteiger partial charge on any atom is -0.361 e. The van der Waals surface area contributed by atoms with Crippen LogP contribution in [0.15, 0.2) is 90.0 Å². The predicted molar refractivity (Wildman–Crippen MR) is 115 cm³/mol. The number of amides is 1. The number of para-hydroxylation sites is 1. The van der Waals surface area contributed by atoms with Crippen molar-refractivity contribution in [2.45, 2.75) is 4.90 Å². The van der Waals surface area contributed by atoms with Crippen molar-refractivity contribution in [3.05, 3.63) is 90.6 Å². The first kappa shape index (κ1) is 18.8. The number of carbonyl (C=O) groups excluding carboxylic acids is 1. The van der Waals surface area contributed by atoms with E-state index in [0.717, 1.165) is 10.9 Å². The Labute approximate surface area is 168 Å². The number of hydrogen-bond acceptors (Lipinski definition) is 3. The third kappa shape index (κ3) is 3.60. The van der Waals surface area contributed by atoms with Crippen LogP contribution in [0.4, 0.5) is 11.4 Å². The van der Waals surface area contributed by atoms with Gasteiger partial charge in [0, 0.05) is 29.7 Å². The summed E-state index contributed by atoms with van der Waals surface area (Å²) < 4.78 is 26.9. The lowest BCUT2D eigenvalue weighted by Gasteiger charge is -2.19. The van der Waals surface area contributed by atoms with E-state index < -0.39 is 10.0 Å². The van der Waals surface area contributed by atoms with Crippen molar-refractivity contribution in [3.63, 3.8) is 0 Å². The second-order valence-electron chi connectivity index (χ2n) is 6.53. The number of nitrogens with one attached hydrogen (secondary N) is 2. The standard InChI is InChI=1S/C22H19N3O3S/c1-25(17-6-3-2-4-7-17)29(27,28)18-12-10-16(11-13-18)22(26)24-21-9-5-8-20-19(21)14-15-23-20/h2-15,23H,1H3,(H,24,26). The second kappa shape index (κ2) is 7.44. The second-order valence-corrected chi connectivity index (χ2v) is 8.50. The van der Waals surface area contributed by atoms with Gasteiger partial charge in [0.25, 0.3) is 15.9 Å². The molecule has 0 fully saturated rings. The van der Waals surface area contributed by atoms with Crippen LogP contribution in [-0.4, -0.2) is 26.4 Å². The number of anilines is 2. The van der Waals surface area contributed by atoms with Crippen molar-refractivity contribution in [2.75, 3.05) is 16.7 Å². The van der Waals surface area contributed by atoms with Crippen LogP contribution in [0.25, 0.3) is 10.9 Å². The molecule has 2 N–H and O–H groups in total. The summed E-state index contributed by atoms with van der Waals surface area (Å²) in [6, 6.07) is 22.2. The number of aromatic nitrogens is 1. The number of hydrogen-bond donors (Lipinski definition) is 2. The molecule has 3 aromatic carbocycles. The van der Waals surface area contributed by atoms with Gasteiger partial charge in [-0.1, -0.05) is 24.3 Å². The number of fused-ring (bicyclic) bond motifs is 1. The van der Waals surface area contributed by atoms with Gasteiger partial charge in [-0.2, -0.15) is 0 Å². The molecule has 1 aromatic heterocycles. The van der Waals surface area contributed by atoms with Crippen molar-refractivity contribution in [1.82, 2.24) is 4.98 Å². The first-order chi connectivity index (χ1) is 14.0. The molecule has 0 saturated carbocycles. The highest BCUT2D eigenvalue weighted by molar-refractivity contribution is 7.92. The molecule has 0 bridgehead atoms. The molecule has 1 amide bonds. The summed E-state index contributed by atoms with van der Waals surface area (Å²) in [6.07, 6.45) is 1.81. The fourth-order valence-electron chi connectivity index (χ4n) is 3.10. The Morgan fingerprint density at radius 2 is 1.62 bits per heavy atom. The first-order valence-electron chi connectivity index (χ1n) is 8.98. The molecule has 0 aliphatic heterocycles. The van der Waals surface area contributed by atoms with E-state index in [0.29, 0.717) is 16.9 Å². The van der Waals surface area contributed by atoms with Crippen LogP contribution >= 0.6 is 0 Å². The Balaban J connectivity index is 1.56. The maximum atomic E-state index is 12.8. The number of carbonyl (C=O) groups is 1. The summed E-state index contributed by atoms with van der Waals surface area (Å²) in [5.74, 6) is -0.306. The molecule has 146 valence electrons. The topological polar surface area (TPSA) is 82.3 Å². The minimum absolute atomic E-state index is 0.119. The Morgan fingerprint density at radius 1 is 0.897 bits per heavy atom. The molecule has 1 heterocycles. The van der Waals surface area contributed by atoms with E-state index in [4.69, 9.17) is 0 Å². The predicted octanol–water partition coefficient (Wildman–Crippen LogP) is 4.25. The quantitative estimate of drug-likeness (QED) is 0.521.